The zero-order valence-electron chi connectivity index (χ0n) is 5.55. The van der Waals surface area contributed by atoms with Crippen molar-refractivity contribution in [1.82, 2.24) is 0 Å². The standard InChI is InChI=1S/C6H10O2S/c1-3-5(2)4-8-6(7)9/h3H,4H2,1-2H3,(H,7,9)/b5-3+. The fraction of sp³-hybridized carbons (Fsp3) is 0.500. The maximum Gasteiger partial charge on any atom is 0.364 e. The van der Waals surface area contributed by atoms with Crippen molar-refractivity contribution in [2.24, 2.45) is 0 Å². The number of allylic oxidation sites excluding steroid dienone is 1. The molecule has 0 aliphatic carbocycles. The average molecular weight is 146 g/mol. The molecule has 0 atom stereocenters. The van der Waals surface area contributed by atoms with Gasteiger partial charge in [0.25, 0.3) is 0 Å². The molecule has 0 fully saturated rings. The molecular weight excluding hydrogens is 136 g/mol. The maximum absolute atomic E-state index is 10.1. The molecule has 0 unspecified atom stereocenters. The molecule has 0 aliphatic rings. The van der Waals surface area contributed by atoms with E-state index in [0.717, 1.165) is 5.57 Å². The normalized spacial score (nSPS) is 11.2. The fourth-order valence-corrected chi connectivity index (χ4v) is 0.323. The molecule has 0 rings (SSSR count). The Morgan fingerprint density at radius 2 is 2.33 bits per heavy atom. The second-order valence-corrected chi connectivity index (χ2v) is 2.05. The Kier molecular flexibility index (Phi) is 4.22. The van der Waals surface area contributed by atoms with E-state index in [1.54, 1.807) is 0 Å². The molecule has 0 heterocycles. The van der Waals surface area contributed by atoms with E-state index >= 15 is 0 Å². The van der Waals surface area contributed by atoms with E-state index < -0.39 is 5.30 Å². The van der Waals surface area contributed by atoms with Crippen LogP contribution in [0.25, 0.3) is 0 Å². The highest BCUT2D eigenvalue weighted by molar-refractivity contribution is 7.96. The summed E-state index contributed by atoms with van der Waals surface area (Å²) in [5.41, 5.74) is 1.03. The molecule has 0 aliphatic heterocycles. The molecule has 2 nitrogen and oxygen atoms in total. The van der Waals surface area contributed by atoms with Crippen molar-refractivity contribution < 1.29 is 9.53 Å². The molecule has 3 heteroatoms. The number of rotatable bonds is 2. The molecule has 52 valence electrons. The molecular formula is C6H10O2S. The number of ether oxygens (including phenoxy) is 1. The molecule has 9 heavy (non-hydrogen) atoms. The van der Waals surface area contributed by atoms with Gasteiger partial charge < -0.3 is 4.74 Å². The lowest BCUT2D eigenvalue weighted by atomic mass is 10.3. The third kappa shape index (κ3) is 5.43. The lowest BCUT2D eigenvalue weighted by Gasteiger charge is -1.98. The number of thiol groups is 1. The van der Waals surface area contributed by atoms with Gasteiger partial charge in [0.15, 0.2) is 0 Å². The van der Waals surface area contributed by atoms with E-state index in [1.807, 2.05) is 19.9 Å². The summed E-state index contributed by atoms with van der Waals surface area (Å²) in [5.74, 6) is 0. The van der Waals surface area contributed by atoms with Crippen LogP contribution in [0.4, 0.5) is 4.79 Å². The fourth-order valence-electron chi connectivity index (χ4n) is 0.259. The van der Waals surface area contributed by atoms with Gasteiger partial charge in [-0.1, -0.05) is 18.7 Å². The number of hydrogen-bond acceptors (Lipinski definition) is 2. The van der Waals surface area contributed by atoms with Gasteiger partial charge in [-0.25, -0.2) is 4.79 Å². The van der Waals surface area contributed by atoms with Gasteiger partial charge in [0, 0.05) is 0 Å². The van der Waals surface area contributed by atoms with Crippen LogP contribution in [0.1, 0.15) is 13.8 Å². The Morgan fingerprint density at radius 3 is 2.67 bits per heavy atom. The Balaban J connectivity index is 3.39. The van der Waals surface area contributed by atoms with Crippen LogP contribution in [0, 0.1) is 0 Å². The number of carbonyl (C=O) groups excluding carboxylic acids is 1. The number of carbonyl (C=O) groups is 1. The molecule has 0 bridgehead atoms. The summed E-state index contributed by atoms with van der Waals surface area (Å²) in [4.78, 5) is 10.1. The van der Waals surface area contributed by atoms with Crippen molar-refractivity contribution in [3.05, 3.63) is 11.6 Å². The van der Waals surface area contributed by atoms with Crippen LogP contribution >= 0.6 is 12.6 Å². The summed E-state index contributed by atoms with van der Waals surface area (Å²) in [6.07, 6.45) is 1.89. The smallest absolute Gasteiger partial charge is 0.364 e. The Bertz CT molecular complexity index is 129. The Labute approximate surface area is 60.3 Å². The van der Waals surface area contributed by atoms with Gasteiger partial charge in [-0.2, -0.15) is 0 Å². The van der Waals surface area contributed by atoms with Crippen LogP contribution in [0.2, 0.25) is 0 Å². The van der Waals surface area contributed by atoms with Gasteiger partial charge in [-0.15, -0.1) is 0 Å². The second kappa shape index (κ2) is 4.44. The highest BCUT2D eigenvalue weighted by Gasteiger charge is 1.91. The first kappa shape index (κ1) is 8.56. The molecule has 0 N–H and O–H groups in total. The van der Waals surface area contributed by atoms with Crippen LogP contribution < -0.4 is 0 Å². The molecule has 0 aromatic heterocycles. The van der Waals surface area contributed by atoms with E-state index in [0.29, 0.717) is 6.61 Å². The van der Waals surface area contributed by atoms with E-state index in [9.17, 15) is 4.79 Å². The van der Waals surface area contributed by atoms with Gasteiger partial charge in [-0.05, 0) is 19.4 Å². The summed E-state index contributed by atoms with van der Waals surface area (Å²) in [7, 11) is 0. The third-order valence-electron chi connectivity index (χ3n) is 0.916. The van der Waals surface area contributed by atoms with E-state index in [4.69, 9.17) is 0 Å². The topological polar surface area (TPSA) is 26.3 Å². The lowest BCUT2D eigenvalue weighted by Crippen LogP contribution is -1.96. The van der Waals surface area contributed by atoms with Gasteiger partial charge in [0.1, 0.15) is 6.61 Å². The first-order valence-corrected chi connectivity index (χ1v) is 3.09. The number of hydrogen-bond donors (Lipinski definition) is 1. The van der Waals surface area contributed by atoms with Gasteiger partial charge in [-0.3, -0.25) is 0 Å². The zero-order valence-corrected chi connectivity index (χ0v) is 6.44. The van der Waals surface area contributed by atoms with Crippen LogP contribution in [0.3, 0.4) is 0 Å². The van der Waals surface area contributed by atoms with Crippen molar-refractivity contribution in [2.75, 3.05) is 6.61 Å². The summed E-state index contributed by atoms with van der Waals surface area (Å²) in [6.45, 7) is 4.12. The van der Waals surface area contributed by atoms with E-state index in [1.165, 1.54) is 0 Å². The van der Waals surface area contributed by atoms with Gasteiger partial charge in [0.05, 0.1) is 0 Å². The van der Waals surface area contributed by atoms with Crippen molar-refractivity contribution in [1.29, 1.82) is 0 Å². The van der Waals surface area contributed by atoms with Gasteiger partial charge >= 0.3 is 5.30 Å². The van der Waals surface area contributed by atoms with Gasteiger partial charge in [0.2, 0.25) is 0 Å². The molecule has 0 spiro atoms. The van der Waals surface area contributed by atoms with Crippen molar-refractivity contribution in [3.8, 4) is 0 Å². The first-order valence-electron chi connectivity index (χ1n) is 2.64. The monoisotopic (exact) mass is 146 g/mol. The average Bonchev–Trinajstić information content (AvgIpc) is 1.83. The predicted molar refractivity (Wildman–Crippen MR) is 39.8 cm³/mol. The van der Waals surface area contributed by atoms with Crippen molar-refractivity contribution in [2.45, 2.75) is 13.8 Å². The van der Waals surface area contributed by atoms with E-state index in [-0.39, 0.29) is 0 Å². The lowest BCUT2D eigenvalue weighted by molar-refractivity contribution is 0.185. The SMILES string of the molecule is C/C=C(\C)COC(=O)S. The van der Waals surface area contributed by atoms with Crippen molar-refractivity contribution in [3.63, 3.8) is 0 Å². The molecule has 0 radical (unpaired) electrons. The maximum atomic E-state index is 10.1. The minimum atomic E-state index is -0.531. The molecule has 0 saturated heterocycles. The van der Waals surface area contributed by atoms with Crippen LogP contribution in [-0.2, 0) is 4.74 Å². The minimum absolute atomic E-state index is 0.346. The minimum Gasteiger partial charge on any atom is -0.453 e. The summed E-state index contributed by atoms with van der Waals surface area (Å²) in [5, 5.41) is -0.531. The molecule has 0 aromatic rings. The summed E-state index contributed by atoms with van der Waals surface area (Å²) in [6, 6.07) is 0. The first-order chi connectivity index (χ1) is 4.16. The largest absolute Gasteiger partial charge is 0.453 e. The van der Waals surface area contributed by atoms with E-state index in [2.05, 4.69) is 17.4 Å². The summed E-state index contributed by atoms with van der Waals surface area (Å²) >= 11 is 3.42. The van der Waals surface area contributed by atoms with Crippen LogP contribution in [0.5, 0.6) is 0 Å². The van der Waals surface area contributed by atoms with Crippen molar-refractivity contribution >= 4 is 17.9 Å². The van der Waals surface area contributed by atoms with Crippen LogP contribution in [0.15, 0.2) is 11.6 Å². The Morgan fingerprint density at radius 1 is 1.78 bits per heavy atom. The predicted octanol–water partition coefficient (Wildman–Crippen LogP) is 2.02. The van der Waals surface area contributed by atoms with Crippen LogP contribution in [-0.4, -0.2) is 11.9 Å². The second-order valence-electron chi connectivity index (χ2n) is 1.69. The highest BCUT2D eigenvalue weighted by atomic mass is 32.1. The Hall–Kier alpha value is -0.440. The molecule has 0 aromatic carbocycles. The summed E-state index contributed by atoms with van der Waals surface area (Å²) < 4.78 is 4.55. The molecule has 0 amide bonds. The zero-order chi connectivity index (χ0) is 7.28. The quantitative estimate of drug-likeness (QED) is 0.366. The highest BCUT2D eigenvalue weighted by Crippen LogP contribution is 1.94. The third-order valence-corrected chi connectivity index (χ3v) is 1.05. The molecule has 0 saturated carbocycles.